The Balaban J connectivity index is 2.02. The second kappa shape index (κ2) is 4.03. The molecule has 3 nitrogen and oxygen atoms in total. The number of urea groups is 1. The highest BCUT2D eigenvalue weighted by Crippen LogP contribution is 2.30. The van der Waals surface area contributed by atoms with Crippen LogP contribution in [-0.2, 0) is 0 Å². The molecule has 0 aromatic rings. The zero-order valence-electron chi connectivity index (χ0n) is 8.48. The second-order valence-electron chi connectivity index (χ2n) is 4.30. The molecule has 3 heteroatoms. The largest absolute Gasteiger partial charge is 0.351 e. The number of carbonyl (C=O) groups is 1. The second-order valence-corrected chi connectivity index (χ2v) is 4.30. The van der Waals surface area contributed by atoms with E-state index in [1.807, 2.05) is 4.90 Å². The summed E-state index contributed by atoms with van der Waals surface area (Å²) in [5.41, 5.74) is 5.39. The third kappa shape index (κ3) is 1.76. The quantitative estimate of drug-likeness (QED) is 0.636. The Morgan fingerprint density at radius 1 is 1.29 bits per heavy atom. The predicted octanol–water partition coefficient (Wildman–Crippen LogP) is 1.89. The van der Waals surface area contributed by atoms with E-state index in [1.54, 1.807) is 0 Å². The van der Waals surface area contributed by atoms with E-state index in [0.29, 0.717) is 12.0 Å². The van der Waals surface area contributed by atoms with Gasteiger partial charge in [0, 0.05) is 12.6 Å². The molecular formula is C11H18N2O. The van der Waals surface area contributed by atoms with Gasteiger partial charge in [-0.15, -0.1) is 0 Å². The van der Waals surface area contributed by atoms with Crippen molar-refractivity contribution in [3.8, 4) is 0 Å². The van der Waals surface area contributed by atoms with Gasteiger partial charge in [0.15, 0.2) is 0 Å². The van der Waals surface area contributed by atoms with Crippen molar-refractivity contribution in [1.29, 1.82) is 0 Å². The Morgan fingerprint density at radius 3 is 2.64 bits per heavy atom. The topological polar surface area (TPSA) is 46.3 Å². The minimum Gasteiger partial charge on any atom is -0.351 e. The van der Waals surface area contributed by atoms with Gasteiger partial charge in [0.05, 0.1) is 0 Å². The summed E-state index contributed by atoms with van der Waals surface area (Å²) >= 11 is 0. The fourth-order valence-corrected chi connectivity index (χ4v) is 2.67. The molecule has 1 heterocycles. The van der Waals surface area contributed by atoms with Crippen molar-refractivity contribution in [2.75, 3.05) is 6.54 Å². The lowest BCUT2D eigenvalue weighted by atomic mass is 9.89. The van der Waals surface area contributed by atoms with Crippen LogP contribution < -0.4 is 5.73 Å². The summed E-state index contributed by atoms with van der Waals surface area (Å²) in [6.07, 6.45) is 10.2. The van der Waals surface area contributed by atoms with Crippen LogP contribution in [0.1, 0.15) is 32.1 Å². The molecule has 0 aromatic heterocycles. The maximum atomic E-state index is 11.2. The highest BCUT2D eigenvalue weighted by Gasteiger charge is 2.31. The molecule has 1 unspecified atom stereocenters. The summed E-state index contributed by atoms with van der Waals surface area (Å²) in [5, 5.41) is 0. The molecule has 2 amide bonds. The fourth-order valence-electron chi connectivity index (χ4n) is 2.67. The minimum absolute atomic E-state index is 0.235. The Hall–Kier alpha value is -0.990. The van der Waals surface area contributed by atoms with E-state index in [1.165, 1.54) is 6.42 Å². The third-order valence-corrected chi connectivity index (χ3v) is 3.42. The molecule has 14 heavy (non-hydrogen) atoms. The van der Waals surface area contributed by atoms with Crippen LogP contribution in [0.15, 0.2) is 12.2 Å². The van der Waals surface area contributed by atoms with E-state index in [0.717, 1.165) is 32.2 Å². The lowest BCUT2D eigenvalue weighted by molar-refractivity contribution is 0.127. The average Bonchev–Trinajstić information content (AvgIpc) is 2.70. The van der Waals surface area contributed by atoms with Crippen LogP contribution in [0.3, 0.4) is 0 Å². The number of amides is 2. The first kappa shape index (κ1) is 9.56. The predicted molar refractivity (Wildman–Crippen MR) is 55.8 cm³/mol. The lowest BCUT2D eigenvalue weighted by Crippen LogP contribution is -2.49. The number of hydrogen-bond donors (Lipinski definition) is 1. The van der Waals surface area contributed by atoms with E-state index >= 15 is 0 Å². The first-order valence-corrected chi connectivity index (χ1v) is 5.50. The number of nitrogens with two attached hydrogens (primary N) is 1. The fraction of sp³-hybridized carbons (Fsp3) is 0.727. The summed E-state index contributed by atoms with van der Waals surface area (Å²) in [6.45, 7) is 0.858. The van der Waals surface area contributed by atoms with Gasteiger partial charge in [-0.05, 0) is 38.0 Å². The molecule has 0 radical (unpaired) electrons. The molecule has 0 saturated carbocycles. The van der Waals surface area contributed by atoms with E-state index in [-0.39, 0.29) is 6.03 Å². The molecule has 1 aliphatic heterocycles. The number of carbonyl (C=O) groups excluding carboxylic acids is 1. The standard InChI is InChI=1S/C11H18N2O/c12-11(14)13-8-4-3-7-10(13)9-5-1-2-6-9/h1-2,9-10H,3-8H2,(H2,12,14). The Kier molecular flexibility index (Phi) is 2.75. The summed E-state index contributed by atoms with van der Waals surface area (Å²) in [6, 6.07) is 0.165. The molecule has 0 aromatic carbocycles. The Bertz CT molecular complexity index is 242. The van der Waals surface area contributed by atoms with Gasteiger partial charge in [-0.25, -0.2) is 4.79 Å². The number of rotatable bonds is 1. The number of likely N-dealkylation sites (tertiary alicyclic amines) is 1. The number of nitrogens with zero attached hydrogens (tertiary/aromatic N) is 1. The van der Waals surface area contributed by atoms with Gasteiger partial charge in [-0.1, -0.05) is 12.2 Å². The zero-order valence-corrected chi connectivity index (χ0v) is 8.48. The van der Waals surface area contributed by atoms with Crippen molar-refractivity contribution in [1.82, 2.24) is 4.90 Å². The van der Waals surface area contributed by atoms with Crippen LogP contribution in [0.25, 0.3) is 0 Å². The molecule has 0 bridgehead atoms. The van der Waals surface area contributed by atoms with E-state index in [4.69, 9.17) is 5.73 Å². The van der Waals surface area contributed by atoms with Gasteiger partial charge in [0.1, 0.15) is 0 Å². The van der Waals surface area contributed by atoms with Gasteiger partial charge in [0.2, 0.25) is 0 Å². The SMILES string of the molecule is NC(=O)N1CCCCC1C1CC=CC1. The molecule has 0 spiro atoms. The van der Waals surface area contributed by atoms with Crippen molar-refractivity contribution < 1.29 is 4.79 Å². The first-order valence-electron chi connectivity index (χ1n) is 5.50. The molecule has 78 valence electrons. The summed E-state index contributed by atoms with van der Waals surface area (Å²) < 4.78 is 0. The monoisotopic (exact) mass is 194 g/mol. The normalized spacial score (nSPS) is 28.3. The highest BCUT2D eigenvalue weighted by molar-refractivity contribution is 5.72. The lowest BCUT2D eigenvalue weighted by Gasteiger charge is -2.38. The molecule has 2 rings (SSSR count). The van der Waals surface area contributed by atoms with Crippen LogP contribution in [-0.4, -0.2) is 23.5 Å². The number of primary amides is 1. The summed E-state index contributed by atoms with van der Waals surface area (Å²) in [5.74, 6) is 0.628. The smallest absolute Gasteiger partial charge is 0.315 e. The van der Waals surface area contributed by atoms with Crippen LogP contribution in [0.5, 0.6) is 0 Å². The summed E-state index contributed by atoms with van der Waals surface area (Å²) in [7, 11) is 0. The van der Waals surface area contributed by atoms with Crippen molar-refractivity contribution in [3.05, 3.63) is 12.2 Å². The van der Waals surface area contributed by atoms with Crippen LogP contribution >= 0.6 is 0 Å². The first-order chi connectivity index (χ1) is 6.79. The maximum absolute atomic E-state index is 11.2. The van der Waals surface area contributed by atoms with E-state index in [9.17, 15) is 4.79 Å². The van der Waals surface area contributed by atoms with Crippen LogP contribution in [0.2, 0.25) is 0 Å². The Labute approximate surface area is 84.9 Å². The van der Waals surface area contributed by atoms with Gasteiger partial charge >= 0.3 is 6.03 Å². The third-order valence-electron chi connectivity index (χ3n) is 3.42. The van der Waals surface area contributed by atoms with Crippen molar-refractivity contribution in [3.63, 3.8) is 0 Å². The van der Waals surface area contributed by atoms with E-state index < -0.39 is 0 Å². The molecule has 1 fully saturated rings. The number of hydrogen-bond acceptors (Lipinski definition) is 1. The molecule has 1 aliphatic carbocycles. The van der Waals surface area contributed by atoms with Crippen molar-refractivity contribution in [2.24, 2.45) is 11.7 Å². The van der Waals surface area contributed by atoms with Crippen molar-refractivity contribution >= 4 is 6.03 Å². The molecular weight excluding hydrogens is 176 g/mol. The molecule has 1 saturated heterocycles. The maximum Gasteiger partial charge on any atom is 0.315 e. The minimum atomic E-state index is -0.235. The average molecular weight is 194 g/mol. The van der Waals surface area contributed by atoms with Crippen molar-refractivity contribution in [2.45, 2.75) is 38.1 Å². The van der Waals surface area contributed by atoms with Gasteiger partial charge < -0.3 is 10.6 Å². The van der Waals surface area contributed by atoms with Crippen LogP contribution in [0, 0.1) is 5.92 Å². The molecule has 2 aliphatic rings. The summed E-state index contributed by atoms with van der Waals surface area (Å²) in [4.78, 5) is 13.1. The van der Waals surface area contributed by atoms with Gasteiger partial charge in [0.25, 0.3) is 0 Å². The number of allylic oxidation sites excluding steroid dienone is 2. The molecule has 1 atom stereocenters. The zero-order chi connectivity index (χ0) is 9.97. The van der Waals surface area contributed by atoms with Crippen LogP contribution in [0.4, 0.5) is 4.79 Å². The van der Waals surface area contributed by atoms with E-state index in [2.05, 4.69) is 12.2 Å². The highest BCUT2D eigenvalue weighted by atomic mass is 16.2. The number of piperidine rings is 1. The Morgan fingerprint density at radius 2 is 2.00 bits per heavy atom. The van der Waals surface area contributed by atoms with Gasteiger partial charge in [-0.2, -0.15) is 0 Å². The van der Waals surface area contributed by atoms with Gasteiger partial charge in [-0.3, -0.25) is 0 Å². The molecule has 2 N–H and O–H groups in total.